The van der Waals surface area contributed by atoms with Crippen molar-refractivity contribution in [2.45, 2.75) is 52.4 Å². The lowest BCUT2D eigenvalue weighted by Gasteiger charge is -2.27. The van der Waals surface area contributed by atoms with Crippen LogP contribution in [0.15, 0.2) is 192 Å². The predicted octanol–water partition coefficient (Wildman–Crippen LogP) is 18.0. The van der Waals surface area contributed by atoms with Crippen LogP contribution in [0.4, 0.5) is 34.1 Å². The third-order valence-electron chi connectivity index (χ3n) is 13.2. The molecule has 0 atom stereocenters. The van der Waals surface area contributed by atoms with Gasteiger partial charge in [0.2, 0.25) is 5.71 Å². The number of fused-ring (bicyclic) bond motifs is 10. The summed E-state index contributed by atoms with van der Waals surface area (Å²) in [4.78, 5) is 4.70. The molecular formula is C60H49N3OS. The topological polar surface area (TPSA) is 24.0 Å². The Balaban J connectivity index is 1.07. The van der Waals surface area contributed by atoms with E-state index in [0.717, 1.165) is 56.2 Å². The molecule has 4 heterocycles. The van der Waals surface area contributed by atoms with E-state index in [1.54, 1.807) is 0 Å². The molecule has 0 spiro atoms. The predicted molar refractivity (Wildman–Crippen MR) is 278 cm³/mol. The van der Waals surface area contributed by atoms with Crippen LogP contribution in [0.25, 0.3) is 69.8 Å². The average molecular weight is 860 g/mol. The van der Waals surface area contributed by atoms with E-state index in [2.05, 4.69) is 244 Å². The molecule has 0 N–H and O–H groups in total. The lowest BCUT2D eigenvalue weighted by molar-refractivity contribution is 0.590. The standard InChI is InChI=1S/C60H49N3OS/c1-59(2,3)40-22-26-44(27-23-40)61(42-18-12-8-13-19-42)46-30-32-48-52(36-46)64-58-54(48)50-34-39(38-16-10-7-11-17-38)35-51-55(50)63(58)56-49-33-31-47(37-53(49)65-57(51)56)62(43-20-14-9-15-21-43)45-28-24-41(25-29-45)60(4,5)6/h7-37H,1-6H3. The van der Waals surface area contributed by atoms with Gasteiger partial charge in [-0.25, -0.2) is 0 Å². The van der Waals surface area contributed by atoms with E-state index in [1.165, 1.54) is 58.8 Å². The Kier molecular flexibility index (Phi) is 8.82. The molecule has 0 saturated heterocycles. The first-order valence-corrected chi connectivity index (χ1v) is 23.4. The Morgan fingerprint density at radius 1 is 0.415 bits per heavy atom. The first kappa shape index (κ1) is 39.3. The Labute approximate surface area is 383 Å². The molecule has 316 valence electrons. The van der Waals surface area contributed by atoms with Gasteiger partial charge >= 0.3 is 0 Å². The van der Waals surface area contributed by atoms with Crippen molar-refractivity contribution >= 4 is 104 Å². The highest BCUT2D eigenvalue weighted by atomic mass is 32.1. The van der Waals surface area contributed by atoms with Crippen LogP contribution in [0.3, 0.4) is 0 Å². The molecule has 0 aliphatic heterocycles. The van der Waals surface area contributed by atoms with Crippen LogP contribution in [-0.4, -0.2) is 4.40 Å². The number of nitrogens with zero attached hydrogens (tertiary/aromatic N) is 3. The average Bonchev–Trinajstić information content (AvgIpc) is 4.05. The normalized spacial score (nSPS) is 12.5. The summed E-state index contributed by atoms with van der Waals surface area (Å²) in [6, 6.07) is 68.7. The zero-order valence-electron chi connectivity index (χ0n) is 37.6. The number of anilines is 6. The molecule has 0 aliphatic rings. The van der Waals surface area contributed by atoms with Gasteiger partial charge < -0.3 is 14.2 Å². The van der Waals surface area contributed by atoms with Crippen molar-refractivity contribution in [3.63, 3.8) is 0 Å². The van der Waals surface area contributed by atoms with Crippen molar-refractivity contribution < 1.29 is 4.42 Å². The summed E-state index contributed by atoms with van der Waals surface area (Å²) in [6.07, 6.45) is 0. The van der Waals surface area contributed by atoms with Crippen molar-refractivity contribution in [1.82, 2.24) is 4.40 Å². The smallest absolute Gasteiger partial charge is 0.213 e. The molecule has 12 aromatic rings. The first-order valence-electron chi connectivity index (χ1n) is 22.6. The van der Waals surface area contributed by atoms with E-state index in [0.29, 0.717) is 0 Å². The van der Waals surface area contributed by atoms with Gasteiger partial charge in [-0.1, -0.05) is 133 Å². The second-order valence-electron chi connectivity index (χ2n) is 19.5. The summed E-state index contributed by atoms with van der Waals surface area (Å²) in [5, 5.41) is 5.94. The molecule has 0 unspecified atom stereocenters. The van der Waals surface area contributed by atoms with Gasteiger partial charge in [-0.3, -0.25) is 4.40 Å². The van der Waals surface area contributed by atoms with Crippen LogP contribution in [-0.2, 0) is 10.8 Å². The fraction of sp³-hybridized carbons (Fsp3) is 0.133. The summed E-state index contributed by atoms with van der Waals surface area (Å²) < 4.78 is 12.1. The molecule has 0 amide bonds. The van der Waals surface area contributed by atoms with Gasteiger partial charge in [0, 0.05) is 66.4 Å². The number of furan rings is 1. The van der Waals surface area contributed by atoms with E-state index >= 15 is 0 Å². The maximum atomic E-state index is 7.18. The number of rotatable bonds is 7. The van der Waals surface area contributed by atoms with Gasteiger partial charge in [-0.05, 0) is 124 Å². The van der Waals surface area contributed by atoms with E-state index in [9.17, 15) is 0 Å². The van der Waals surface area contributed by atoms with Crippen LogP contribution in [0.1, 0.15) is 52.7 Å². The lowest BCUT2D eigenvalue weighted by Crippen LogP contribution is -2.13. The van der Waals surface area contributed by atoms with Crippen LogP contribution >= 0.6 is 11.3 Å². The minimum atomic E-state index is 0.0627. The number of para-hydroxylation sites is 2. The van der Waals surface area contributed by atoms with Gasteiger partial charge in [-0.15, -0.1) is 11.3 Å². The number of hydrogen-bond acceptors (Lipinski definition) is 4. The van der Waals surface area contributed by atoms with Crippen LogP contribution in [0, 0.1) is 0 Å². The molecule has 0 fully saturated rings. The molecule has 4 nitrogen and oxygen atoms in total. The second-order valence-corrected chi connectivity index (χ2v) is 20.5. The van der Waals surface area contributed by atoms with Gasteiger partial charge in [0.25, 0.3) is 0 Å². The Morgan fingerprint density at radius 2 is 0.892 bits per heavy atom. The molecule has 8 aromatic carbocycles. The molecule has 12 rings (SSSR count). The van der Waals surface area contributed by atoms with E-state index in [1.807, 2.05) is 11.3 Å². The molecular weight excluding hydrogens is 811 g/mol. The highest BCUT2D eigenvalue weighted by molar-refractivity contribution is 7.26. The lowest BCUT2D eigenvalue weighted by atomic mass is 9.87. The Morgan fingerprint density at radius 3 is 1.45 bits per heavy atom. The zero-order chi connectivity index (χ0) is 44.2. The summed E-state index contributed by atoms with van der Waals surface area (Å²) in [5.41, 5.74) is 15.9. The maximum absolute atomic E-state index is 7.18. The van der Waals surface area contributed by atoms with Crippen molar-refractivity contribution in [2.24, 2.45) is 0 Å². The van der Waals surface area contributed by atoms with Crippen molar-refractivity contribution in [3.8, 4) is 11.1 Å². The molecule has 0 radical (unpaired) electrons. The van der Waals surface area contributed by atoms with E-state index < -0.39 is 0 Å². The fourth-order valence-electron chi connectivity index (χ4n) is 9.87. The van der Waals surface area contributed by atoms with E-state index in [4.69, 9.17) is 4.42 Å². The molecule has 65 heavy (non-hydrogen) atoms. The first-order chi connectivity index (χ1) is 31.5. The van der Waals surface area contributed by atoms with Crippen LogP contribution in [0.5, 0.6) is 0 Å². The van der Waals surface area contributed by atoms with Crippen molar-refractivity contribution in [1.29, 1.82) is 0 Å². The maximum Gasteiger partial charge on any atom is 0.213 e. The molecule has 0 aliphatic carbocycles. The number of aromatic nitrogens is 1. The highest BCUT2D eigenvalue weighted by Gasteiger charge is 2.27. The molecule has 0 saturated carbocycles. The molecule has 4 aromatic heterocycles. The monoisotopic (exact) mass is 859 g/mol. The third-order valence-corrected chi connectivity index (χ3v) is 14.4. The van der Waals surface area contributed by atoms with Gasteiger partial charge in [0.1, 0.15) is 5.58 Å². The summed E-state index contributed by atoms with van der Waals surface area (Å²) in [7, 11) is 0. The summed E-state index contributed by atoms with van der Waals surface area (Å²) in [6.45, 7) is 13.6. The van der Waals surface area contributed by atoms with Crippen molar-refractivity contribution in [3.05, 3.63) is 199 Å². The largest absolute Gasteiger partial charge is 0.439 e. The number of hydrogen-bond donors (Lipinski definition) is 0. The van der Waals surface area contributed by atoms with E-state index in [-0.39, 0.29) is 10.8 Å². The number of benzene rings is 8. The second kappa shape index (κ2) is 14.6. The summed E-state index contributed by atoms with van der Waals surface area (Å²) >= 11 is 1.88. The fourth-order valence-corrected chi connectivity index (χ4v) is 11.1. The number of thiophene rings is 1. The van der Waals surface area contributed by atoms with Gasteiger partial charge in [0.15, 0.2) is 0 Å². The van der Waals surface area contributed by atoms with Crippen molar-refractivity contribution in [2.75, 3.05) is 9.80 Å². The minimum Gasteiger partial charge on any atom is -0.439 e. The Bertz CT molecular complexity index is 3700. The highest BCUT2D eigenvalue weighted by Crippen LogP contribution is 2.51. The minimum absolute atomic E-state index is 0.0627. The molecule has 5 heteroatoms. The third kappa shape index (κ3) is 6.40. The van der Waals surface area contributed by atoms with Gasteiger partial charge in [0.05, 0.1) is 21.1 Å². The quantitative estimate of drug-likeness (QED) is 0.160. The summed E-state index contributed by atoms with van der Waals surface area (Å²) in [5.74, 6) is 0. The zero-order valence-corrected chi connectivity index (χ0v) is 38.4. The van der Waals surface area contributed by atoms with Gasteiger partial charge in [-0.2, -0.15) is 0 Å². The van der Waals surface area contributed by atoms with Crippen LogP contribution < -0.4 is 9.80 Å². The van der Waals surface area contributed by atoms with Crippen LogP contribution in [0.2, 0.25) is 0 Å². The Hall–Kier alpha value is -7.34. The molecule has 0 bridgehead atoms. The SMILES string of the molecule is CC(C)(C)c1ccc(N(c2ccccc2)c2ccc3c(c2)oc2c3c3cc(-c4ccccc4)cc4c5sc6cc(N(c7ccccc7)c7ccc(C(C)(C)C)cc7)ccc6c5n2c43)cc1.